The maximum absolute atomic E-state index is 5.33. The lowest BCUT2D eigenvalue weighted by atomic mass is 9.92. The summed E-state index contributed by atoms with van der Waals surface area (Å²) in [5.41, 5.74) is 0.200. The standard InChI is InChI=1S/C14H27N3O/c1-6-8-11(15-7-2)9-13-16-12(17-18-13)10-14(3,4)5/h11,15H,6-10H2,1-5H3. The Morgan fingerprint density at radius 1 is 1.28 bits per heavy atom. The van der Waals surface area contributed by atoms with E-state index >= 15 is 0 Å². The Kier molecular flexibility index (Phi) is 5.79. The molecule has 1 unspecified atom stereocenters. The molecule has 1 aromatic rings. The molecule has 4 nitrogen and oxygen atoms in total. The number of nitrogens with one attached hydrogen (secondary N) is 1. The highest BCUT2D eigenvalue weighted by Crippen LogP contribution is 2.18. The van der Waals surface area contributed by atoms with E-state index in [4.69, 9.17) is 4.52 Å². The van der Waals surface area contributed by atoms with Crippen molar-refractivity contribution in [2.45, 2.75) is 66.3 Å². The molecule has 1 rings (SSSR count). The Labute approximate surface area is 111 Å². The second-order valence-corrected chi connectivity index (χ2v) is 6.09. The van der Waals surface area contributed by atoms with E-state index in [9.17, 15) is 0 Å². The third-order valence-electron chi connectivity index (χ3n) is 2.75. The fourth-order valence-electron chi connectivity index (χ4n) is 2.04. The molecule has 1 atom stereocenters. The summed E-state index contributed by atoms with van der Waals surface area (Å²) in [4.78, 5) is 4.48. The van der Waals surface area contributed by atoms with E-state index in [1.807, 2.05) is 0 Å². The van der Waals surface area contributed by atoms with E-state index in [0.29, 0.717) is 6.04 Å². The molecule has 0 fully saturated rings. The van der Waals surface area contributed by atoms with Gasteiger partial charge in [-0.05, 0) is 18.4 Å². The second-order valence-electron chi connectivity index (χ2n) is 6.09. The van der Waals surface area contributed by atoms with Gasteiger partial charge in [0.2, 0.25) is 5.89 Å². The van der Waals surface area contributed by atoms with Crippen molar-refractivity contribution >= 4 is 0 Å². The molecule has 0 radical (unpaired) electrons. The molecule has 1 heterocycles. The van der Waals surface area contributed by atoms with Crippen LogP contribution >= 0.6 is 0 Å². The molecular formula is C14H27N3O. The topological polar surface area (TPSA) is 51.0 Å². The minimum Gasteiger partial charge on any atom is -0.339 e. The second kappa shape index (κ2) is 6.88. The molecule has 0 saturated heterocycles. The number of hydrogen-bond donors (Lipinski definition) is 1. The number of hydrogen-bond acceptors (Lipinski definition) is 4. The third-order valence-corrected chi connectivity index (χ3v) is 2.75. The summed E-state index contributed by atoms with van der Waals surface area (Å²) in [5.74, 6) is 1.58. The molecule has 0 aliphatic rings. The first-order chi connectivity index (χ1) is 8.44. The Morgan fingerprint density at radius 2 is 2.00 bits per heavy atom. The molecule has 0 aliphatic carbocycles. The van der Waals surface area contributed by atoms with Gasteiger partial charge in [-0.1, -0.05) is 46.2 Å². The Morgan fingerprint density at radius 3 is 2.56 bits per heavy atom. The maximum atomic E-state index is 5.33. The Hall–Kier alpha value is -0.900. The fourth-order valence-corrected chi connectivity index (χ4v) is 2.04. The molecule has 0 aromatic carbocycles. The van der Waals surface area contributed by atoms with Crippen molar-refractivity contribution < 1.29 is 4.52 Å². The highest BCUT2D eigenvalue weighted by molar-refractivity contribution is 4.92. The van der Waals surface area contributed by atoms with Crippen LogP contribution in [-0.2, 0) is 12.8 Å². The van der Waals surface area contributed by atoms with E-state index in [2.05, 4.69) is 50.1 Å². The summed E-state index contributed by atoms with van der Waals surface area (Å²) in [6.07, 6.45) is 4.00. The van der Waals surface area contributed by atoms with Crippen LogP contribution in [0.1, 0.15) is 59.2 Å². The van der Waals surface area contributed by atoms with Crippen LogP contribution in [0.2, 0.25) is 0 Å². The van der Waals surface area contributed by atoms with Crippen molar-refractivity contribution in [2.24, 2.45) is 5.41 Å². The number of nitrogens with zero attached hydrogens (tertiary/aromatic N) is 2. The average molecular weight is 253 g/mol. The highest BCUT2D eigenvalue weighted by Gasteiger charge is 2.17. The lowest BCUT2D eigenvalue weighted by molar-refractivity contribution is 0.339. The van der Waals surface area contributed by atoms with Gasteiger partial charge in [0.05, 0.1) is 0 Å². The van der Waals surface area contributed by atoms with Gasteiger partial charge in [-0.15, -0.1) is 0 Å². The monoisotopic (exact) mass is 253 g/mol. The summed E-state index contributed by atoms with van der Waals surface area (Å²) in [6, 6.07) is 0.447. The van der Waals surface area contributed by atoms with Gasteiger partial charge >= 0.3 is 0 Å². The summed E-state index contributed by atoms with van der Waals surface area (Å²) in [6.45, 7) is 11.9. The summed E-state index contributed by atoms with van der Waals surface area (Å²) in [5, 5.41) is 7.52. The van der Waals surface area contributed by atoms with Crippen LogP contribution in [0.15, 0.2) is 4.52 Å². The first-order valence-corrected chi connectivity index (χ1v) is 6.99. The van der Waals surface area contributed by atoms with Crippen LogP contribution in [0, 0.1) is 5.41 Å². The molecular weight excluding hydrogens is 226 g/mol. The normalized spacial score (nSPS) is 13.8. The van der Waals surface area contributed by atoms with Gasteiger partial charge in [-0.2, -0.15) is 4.98 Å². The zero-order chi connectivity index (χ0) is 13.6. The lowest BCUT2D eigenvalue weighted by Crippen LogP contribution is -2.30. The van der Waals surface area contributed by atoms with E-state index < -0.39 is 0 Å². The zero-order valence-corrected chi connectivity index (χ0v) is 12.4. The van der Waals surface area contributed by atoms with Crippen molar-refractivity contribution in [1.29, 1.82) is 0 Å². The summed E-state index contributed by atoms with van der Waals surface area (Å²) < 4.78 is 5.33. The summed E-state index contributed by atoms with van der Waals surface area (Å²) in [7, 11) is 0. The smallest absolute Gasteiger partial charge is 0.228 e. The minimum atomic E-state index is 0.200. The van der Waals surface area contributed by atoms with Crippen LogP contribution in [0.25, 0.3) is 0 Å². The number of aromatic nitrogens is 2. The molecule has 18 heavy (non-hydrogen) atoms. The van der Waals surface area contributed by atoms with Crippen LogP contribution in [0.4, 0.5) is 0 Å². The number of rotatable bonds is 7. The van der Waals surface area contributed by atoms with Crippen molar-refractivity contribution in [3.05, 3.63) is 11.7 Å². The van der Waals surface area contributed by atoms with Gasteiger partial charge in [-0.3, -0.25) is 0 Å². The average Bonchev–Trinajstić information content (AvgIpc) is 2.63. The van der Waals surface area contributed by atoms with Crippen LogP contribution in [-0.4, -0.2) is 22.7 Å². The molecule has 1 N–H and O–H groups in total. The predicted octanol–water partition coefficient (Wildman–Crippen LogP) is 2.98. The maximum Gasteiger partial charge on any atom is 0.228 e. The highest BCUT2D eigenvalue weighted by atomic mass is 16.5. The largest absolute Gasteiger partial charge is 0.339 e. The van der Waals surface area contributed by atoms with Gasteiger partial charge in [0.15, 0.2) is 5.82 Å². The van der Waals surface area contributed by atoms with Crippen molar-refractivity contribution in [3.63, 3.8) is 0 Å². The number of likely N-dealkylation sites (N-methyl/N-ethyl adjacent to an activating group) is 1. The van der Waals surface area contributed by atoms with E-state index in [1.165, 1.54) is 6.42 Å². The molecule has 104 valence electrons. The zero-order valence-electron chi connectivity index (χ0n) is 12.4. The lowest BCUT2D eigenvalue weighted by Gasteiger charge is -2.15. The van der Waals surface area contributed by atoms with Crippen LogP contribution in [0.3, 0.4) is 0 Å². The van der Waals surface area contributed by atoms with Gasteiger partial charge < -0.3 is 9.84 Å². The first kappa shape index (κ1) is 15.2. The van der Waals surface area contributed by atoms with Crippen molar-refractivity contribution in [1.82, 2.24) is 15.5 Å². The third kappa shape index (κ3) is 5.63. The minimum absolute atomic E-state index is 0.200. The van der Waals surface area contributed by atoms with Crippen molar-refractivity contribution in [3.8, 4) is 0 Å². The molecule has 4 heteroatoms. The van der Waals surface area contributed by atoms with E-state index in [1.54, 1.807) is 0 Å². The molecule has 0 spiro atoms. The van der Waals surface area contributed by atoms with Gasteiger partial charge in [0, 0.05) is 18.9 Å². The predicted molar refractivity (Wildman–Crippen MR) is 73.5 cm³/mol. The van der Waals surface area contributed by atoms with Crippen LogP contribution < -0.4 is 5.32 Å². The van der Waals surface area contributed by atoms with Gasteiger partial charge in [0.25, 0.3) is 0 Å². The first-order valence-electron chi connectivity index (χ1n) is 6.99. The van der Waals surface area contributed by atoms with E-state index in [-0.39, 0.29) is 5.41 Å². The molecule has 0 aliphatic heterocycles. The van der Waals surface area contributed by atoms with E-state index in [0.717, 1.165) is 37.5 Å². The van der Waals surface area contributed by atoms with Gasteiger partial charge in [0.1, 0.15) is 0 Å². The Balaban J connectivity index is 2.56. The quantitative estimate of drug-likeness (QED) is 0.811. The molecule has 0 amide bonds. The summed E-state index contributed by atoms with van der Waals surface area (Å²) >= 11 is 0. The molecule has 0 saturated carbocycles. The van der Waals surface area contributed by atoms with Crippen LogP contribution in [0.5, 0.6) is 0 Å². The molecule has 1 aromatic heterocycles. The molecule has 0 bridgehead atoms. The SMILES string of the molecule is CCCC(Cc1nc(CC(C)(C)C)no1)NCC. The fraction of sp³-hybridized carbons (Fsp3) is 0.857. The van der Waals surface area contributed by atoms with Gasteiger partial charge in [-0.25, -0.2) is 0 Å². The Bertz CT molecular complexity index is 335. The van der Waals surface area contributed by atoms with Crippen molar-refractivity contribution in [2.75, 3.05) is 6.54 Å².